The van der Waals surface area contributed by atoms with Crippen molar-refractivity contribution < 1.29 is 5.11 Å². The van der Waals surface area contributed by atoms with Gasteiger partial charge >= 0.3 is 0 Å². The van der Waals surface area contributed by atoms with Gasteiger partial charge in [0.2, 0.25) is 0 Å². The van der Waals surface area contributed by atoms with Crippen LogP contribution in [0.15, 0.2) is 22.2 Å². The van der Waals surface area contributed by atoms with E-state index in [-0.39, 0.29) is 11.3 Å². The molecule has 0 atom stereocenters. The zero-order valence-electron chi connectivity index (χ0n) is 7.95. The quantitative estimate of drug-likeness (QED) is 0.792. The fraction of sp³-hybridized carbons (Fsp3) is 0.0909. The van der Waals surface area contributed by atoms with E-state index in [2.05, 4.69) is 15.9 Å². The SMILES string of the molecule is Cc1cc(C=C(C#N)C#N)cc(Br)c1O. The van der Waals surface area contributed by atoms with Crippen LogP contribution < -0.4 is 0 Å². The lowest BCUT2D eigenvalue weighted by Crippen LogP contribution is -1.81. The summed E-state index contributed by atoms with van der Waals surface area (Å²) < 4.78 is 0.545. The van der Waals surface area contributed by atoms with Crippen molar-refractivity contribution in [3.05, 3.63) is 33.3 Å². The minimum atomic E-state index is 0.0342. The summed E-state index contributed by atoms with van der Waals surface area (Å²) in [4.78, 5) is 0. The topological polar surface area (TPSA) is 67.8 Å². The predicted octanol–water partition coefficient (Wildman–Crippen LogP) is 2.89. The smallest absolute Gasteiger partial charge is 0.132 e. The third-order valence-electron chi connectivity index (χ3n) is 1.83. The molecule has 1 aromatic carbocycles. The maximum absolute atomic E-state index is 9.48. The first-order valence-corrected chi connectivity index (χ1v) is 4.88. The molecular formula is C11H7BrN2O. The van der Waals surface area contributed by atoms with Gasteiger partial charge in [0.25, 0.3) is 0 Å². The Labute approximate surface area is 96.0 Å². The van der Waals surface area contributed by atoms with Crippen LogP contribution in [0.3, 0.4) is 0 Å². The molecule has 0 unspecified atom stereocenters. The monoisotopic (exact) mass is 262 g/mol. The molecule has 0 amide bonds. The lowest BCUT2D eigenvalue weighted by atomic mass is 10.1. The standard InChI is InChI=1S/C11H7BrN2O/c1-7-2-8(3-9(5-13)6-14)4-10(12)11(7)15/h2-4,15H,1H3. The number of hydrogen-bond acceptors (Lipinski definition) is 3. The minimum Gasteiger partial charge on any atom is -0.506 e. The van der Waals surface area contributed by atoms with Gasteiger partial charge in [0.05, 0.1) is 4.47 Å². The highest BCUT2D eigenvalue weighted by Crippen LogP contribution is 2.29. The van der Waals surface area contributed by atoms with E-state index in [1.165, 1.54) is 6.08 Å². The molecular weight excluding hydrogens is 256 g/mol. The number of nitriles is 2. The summed E-state index contributed by atoms with van der Waals surface area (Å²) in [6.45, 7) is 1.75. The summed E-state index contributed by atoms with van der Waals surface area (Å²) in [6.07, 6.45) is 1.47. The number of hydrogen-bond donors (Lipinski definition) is 1. The molecule has 0 fully saturated rings. The summed E-state index contributed by atoms with van der Waals surface area (Å²) in [5, 5.41) is 26.6. The Bertz CT molecular complexity index is 467. The summed E-state index contributed by atoms with van der Waals surface area (Å²) in [5.41, 5.74) is 1.42. The van der Waals surface area contributed by atoms with Gasteiger partial charge in [-0.3, -0.25) is 0 Å². The van der Waals surface area contributed by atoms with E-state index >= 15 is 0 Å². The van der Waals surface area contributed by atoms with Crippen molar-refractivity contribution in [1.82, 2.24) is 0 Å². The molecule has 0 aliphatic rings. The second kappa shape index (κ2) is 4.63. The predicted molar refractivity (Wildman–Crippen MR) is 59.7 cm³/mol. The molecule has 0 radical (unpaired) electrons. The van der Waals surface area contributed by atoms with Gasteiger partial charge in [-0.25, -0.2) is 0 Å². The normalized spacial score (nSPS) is 8.80. The first-order valence-electron chi connectivity index (χ1n) is 4.09. The van der Waals surface area contributed by atoms with Gasteiger partial charge in [0.1, 0.15) is 23.5 Å². The Hall–Kier alpha value is -1.78. The first kappa shape index (κ1) is 11.3. The molecule has 0 saturated carbocycles. The number of halogens is 1. The van der Waals surface area contributed by atoms with Crippen molar-refractivity contribution in [3.8, 4) is 17.9 Å². The first-order chi connectivity index (χ1) is 7.08. The largest absolute Gasteiger partial charge is 0.506 e. The Kier molecular flexibility index (Phi) is 3.49. The molecule has 0 aromatic heterocycles. The number of phenolic OH excluding ortho intramolecular Hbond substituents is 1. The van der Waals surface area contributed by atoms with Crippen molar-refractivity contribution >= 4 is 22.0 Å². The van der Waals surface area contributed by atoms with Gasteiger partial charge in [-0.2, -0.15) is 10.5 Å². The molecule has 0 spiro atoms. The number of nitrogens with zero attached hydrogens (tertiary/aromatic N) is 2. The Morgan fingerprint density at radius 3 is 2.47 bits per heavy atom. The number of aromatic hydroxyl groups is 1. The fourth-order valence-corrected chi connectivity index (χ4v) is 1.68. The highest BCUT2D eigenvalue weighted by atomic mass is 79.9. The molecule has 0 aliphatic heterocycles. The van der Waals surface area contributed by atoms with E-state index in [1.807, 2.05) is 0 Å². The van der Waals surface area contributed by atoms with Crippen LogP contribution in [0.4, 0.5) is 0 Å². The molecule has 1 N–H and O–H groups in total. The zero-order chi connectivity index (χ0) is 11.4. The van der Waals surface area contributed by atoms with Gasteiger partial charge in [0, 0.05) is 0 Å². The van der Waals surface area contributed by atoms with E-state index in [1.54, 1.807) is 31.2 Å². The average Bonchev–Trinajstić information content (AvgIpc) is 2.22. The third kappa shape index (κ3) is 2.59. The molecule has 74 valence electrons. The molecule has 1 aromatic rings. The maximum atomic E-state index is 9.48. The van der Waals surface area contributed by atoms with Gasteiger partial charge in [0.15, 0.2) is 0 Å². The van der Waals surface area contributed by atoms with Gasteiger partial charge < -0.3 is 5.11 Å². The van der Waals surface area contributed by atoms with E-state index in [9.17, 15) is 5.11 Å². The van der Waals surface area contributed by atoms with Crippen molar-refractivity contribution in [2.75, 3.05) is 0 Å². The van der Waals surface area contributed by atoms with Gasteiger partial charge in [-0.1, -0.05) is 0 Å². The van der Waals surface area contributed by atoms with Crippen molar-refractivity contribution in [1.29, 1.82) is 10.5 Å². The van der Waals surface area contributed by atoms with Crippen LogP contribution in [0.25, 0.3) is 6.08 Å². The summed E-state index contributed by atoms with van der Waals surface area (Å²) in [7, 11) is 0. The average molecular weight is 263 g/mol. The van der Waals surface area contributed by atoms with E-state index in [4.69, 9.17) is 10.5 Å². The fourth-order valence-electron chi connectivity index (χ4n) is 1.10. The Balaban J connectivity index is 3.26. The Morgan fingerprint density at radius 2 is 2.00 bits per heavy atom. The Morgan fingerprint density at radius 1 is 1.40 bits per heavy atom. The van der Waals surface area contributed by atoms with E-state index < -0.39 is 0 Å². The lowest BCUT2D eigenvalue weighted by molar-refractivity contribution is 0.467. The van der Waals surface area contributed by atoms with Crippen molar-refractivity contribution in [2.45, 2.75) is 6.92 Å². The number of phenols is 1. The van der Waals surface area contributed by atoms with Crippen LogP contribution in [-0.2, 0) is 0 Å². The molecule has 0 bridgehead atoms. The molecule has 1 rings (SSSR count). The molecule has 0 saturated heterocycles. The second-order valence-corrected chi connectivity index (χ2v) is 3.80. The van der Waals surface area contributed by atoms with Crippen LogP contribution >= 0.6 is 15.9 Å². The van der Waals surface area contributed by atoms with Gasteiger partial charge in [-0.05, 0) is 52.2 Å². The number of rotatable bonds is 1. The van der Waals surface area contributed by atoms with Crippen LogP contribution in [0.2, 0.25) is 0 Å². The highest BCUT2D eigenvalue weighted by Gasteiger charge is 2.03. The minimum absolute atomic E-state index is 0.0342. The van der Waals surface area contributed by atoms with E-state index in [0.717, 1.165) is 0 Å². The van der Waals surface area contributed by atoms with Crippen LogP contribution in [-0.4, -0.2) is 5.11 Å². The zero-order valence-corrected chi connectivity index (χ0v) is 9.54. The lowest BCUT2D eigenvalue weighted by Gasteiger charge is -2.03. The number of benzene rings is 1. The van der Waals surface area contributed by atoms with Crippen LogP contribution in [0, 0.1) is 29.6 Å². The second-order valence-electron chi connectivity index (χ2n) is 2.95. The van der Waals surface area contributed by atoms with Crippen molar-refractivity contribution in [2.24, 2.45) is 0 Å². The molecule has 15 heavy (non-hydrogen) atoms. The summed E-state index contributed by atoms with van der Waals surface area (Å²) >= 11 is 3.19. The number of allylic oxidation sites excluding steroid dienone is 1. The number of aryl methyl sites for hydroxylation is 1. The van der Waals surface area contributed by atoms with Gasteiger partial charge in [-0.15, -0.1) is 0 Å². The maximum Gasteiger partial charge on any atom is 0.132 e. The third-order valence-corrected chi connectivity index (χ3v) is 2.43. The van der Waals surface area contributed by atoms with Crippen LogP contribution in [0.1, 0.15) is 11.1 Å². The summed E-state index contributed by atoms with van der Waals surface area (Å²) in [5.74, 6) is 0.169. The molecule has 4 heteroatoms. The molecule has 0 aliphatic carbocycles. The van der Waals surface area contributed by atoms with Crippen molar-refractivity contribution in [3.63, 3.8) is 0 Å². The molecule has 0 heterocycles. The molecule has 3 nitrogen and oxygen atoms in total. The van der Waals surface area contributed by atoms with E-state index in [0.29, 0.717) is 15.6 Å². The van der Waals surface area contributed by atoms with Crippen LogP contribution in [0.5, 0.6) is 5.75 Å². The highest BCUT2D eigenvalue weighted by molar-refractivity contribution is 9.10. The summed E-state index contributed by atoms with van der Waals surface area (Å²) in [6, 6.07) is 6.90.